The van der Waals surface area contributed by atoms with Crippen molar-refractivity contribution in [1.29, 1.82) is 0 Å². The Hall–Kier alpha value is -0.530. The molecule has 0 aromatic rings. The zero-order valence-electron chi connectivity index (χ0n) is 14.4. The van der Waals surface area contributed by atoms with E-state index in [-0.39, 0.29) is 5.92 Å². The largest absolute Gasteiger partial charge is 0.349 e. The van der Waals surface area contributed by atoms with E-state index in [1.807, 2.05) is 14.1 Å². The molecule has 1 amide bonds. The summed E-state index contributed by atoms with van der Waals surface area (Å²) in [5.74, 6) is 0.615. The molecule has 0 bridgehead atoms. The van der Waals surface area contributed by atoms with Crippen molar-refractivity contribution in [3.8, 4) is 0 Å². The van der Waals surface area contributed by atoms with Crippen molar-refractivity contribution in [2.75, 3.05) is 14.1 Å². The van der Waals surface area contributed by atoms with Gasteiger partial charge in [-0.3, -0.25) is 4.79 Å². The number of nitrogens with zero attached hydrogens (tertiary/aromatic N) is 1. The maximum atomic E-state index is 12.2. The van der Waals surface area contributed by atoms with E-state index in [0.29, 0.717) is 5.91 Å². The van der Waals surface area contributed by atoms with Crippen LogP contribution in [-0.4, -0.2) is 24.9 Å². The summed E-state index contributed by atoms with van der Waals surface area (Å²) in [7, 11) is 3.78. The lowest BCUT2D eigenvalue weighted by Gasteiger charge is -2.20. The Morgan fingerprint density at radius 3 is 1.50 bits per heavy atom. The molecule has 20 heavy (non-hydrogen) atoms. The highest BCUT2D eigenvalue weighted by atomic mass is 16.2. The van der Waals surface area contributed by atoms with Gasteiger partial charge in [-0.2, -0.15) is 0 Å². The molecule has 0 aliphatic carbocycles. The van der Waals surface area contributed by atoms with Gasteiger partial charge in [-0.25, -0.2) is 0 Å². The Bertz CT molecular complexity index is 211. The molecule has 0 unspecified atom stereocenters. The molecule has 2 nitrogen and oxygen atoms in total. The van der Waals surface area contributed by atoms with Crippen molar-refractivity contribution < 1.29 is 4.79 Å². The highest BCUT2D eigenvalue weighted by Crippen LogP contribution is 2.20. The topological polar surface area (TPSA) is 20.3 Å². The Morgan fingerprint density at radius 2 is 1.15 bits per heavy atom. The molecule has 0 radical (unpaired) electrons. The number of hydrogen-bond acceptors (Lipinski definition) is 1. The summed E-state index contributed by atoms with van der Waals surface area (Å²) < 4.78 is 0. The second-order valence-corrected chi connectivity index (χ2v) is 6.34. The van der Waals surface area contributed by atoms with Crippen molar-refractivity contribution in [3.05, 3.63) is 0 Å². The molecule has 0 heterocycles. The fourth-order valence-electron chi connectivity index (χ4n) is 2.75. The van der Waals surface area contributed by atoms with Crippen LogP contribution in [0.3, 0.4) is 0 Å². The van der Waals surface area contributed by atoms with E-state index in [0.717, 1.165) is 12.8 Å². The van der Waals surface area contributed by atoms with Crippen LogP contribution in [0.15, 0.2) is 0 Å². The average molecular weight is 283 g/mol. The molecule has 0 N–H and O–H groups in total. The lowest BCUT2D eigenvalue weighted by Crippen LogP contribution is -2.29. The van der Waals surface area contributed by atoms with Crippen molar-refractivity contribution >= 4 is 5.91 Å². The third-order valence-corrected chi connectivity index (χ3v) is 4.10. The zero-order chi connectivity index (χ0) is 15.2. The molecule has 0 fully saturated rings. The van der Waals surface area contributed by atoms with Crippen LogP contribution >= 0.6 is 0 Å². The van der Waals surface area contributed by atoms with E-state index >= 15 is 0 Å². The lowest BCUT2D eigenvalue weighted by molar-refractivity contribution is -0.133. The number of rotatable bonds is 13. The molecule has 0 saturated carbocycles. The molecule has 2 heteroatoms. The first-order valence-electron chi connectivity index (χ1n) is 8.84. The summed E-state index contributed by atoms with van der Waals surface area (Å²) in [4.78, 5) is 14.0. The van der Waals surface area contributed by atoms with Gasteiger partial charge in [0, 0.05) is 20.0 Å². The summed E-state index contributed by atoms with van der Waals surface area (Å²) in [6.07, 6.45) is 15.1. The van der Waals surface area contributed by atoms with Gasteiger partial charge in [0.1, 0.15) is 0 Å². The maximum absolute atomic E-state index is 12.2. The minimum Gasteiger partial charge on any atom is -0.349 e. The van der Waals surface area contributed by atoms with Gasteiger partial charge in [-0.1, -0.05) is 78.1 Å². The van der Waals surface area contributed by atoms with Crippen LogP contribution in [0.1, 0.15) is 90.9 Å². The maximum Gasteiger partial charge on any atom is 0.225 e. The van der Waals surface area contributed by atoms with Gasteiger partial charge in [0.15, 0.2) is 0 Å². The SMILES string of the molecule is CCCCCCCC(CCCCCCC)C(=O)N(C)C. The molecule has 0 aliphatic rings. The molecular formula is C18H37NO. The summed E-state index contributed by atoms with van der Waals surface area (Å²) >= 11 is 0. The second kappa shape index (κ2) is 13.5. The van der Waals surface area contributed by atoms with Gasteiger partial charge in [-0.15, -0.1) is 0 Å². The highest BCUT2D eigenvalue weighted by Gasteiger charge is 2.19. The first kappa shape index (κ1) is 19.5. The molecule has 0 rings (SSSR count). The summed E-state index contributed by atoms with van der Waals surface area (Å²) in [5, 5.41) is 0. The van der Waals surface area contributed by atoms with E-state index in [2.05, 4.69) is 13.8 Å². The number of hydrogen-bond donors (Lipinski definition) is 0. The highest BCUT2D eigenvalue weighted by molar-refractivity contribution is 5.78. The molecule has 120 valence electrons. The van der Waals surface area contributed by atoms with Gasteiger partial charge >= 0.3 is 0 Å². The molecule has 0 saturated heterocycles. The first-order valence-corrected chi connectivity index (χ1v) is 8.84. The lowest BCUT2D eigenvalue weighted by atomic mass is 9.93. The number of carbonyl (C=O) groups excluding carboxylic acids is 1. The van der Waals surface area contributed by atoms with Gasteiger partial charge in [0.25, 0.3) is 0 Å². The molecule has 0 aromatic heterocycles. The average Bonchev–Trinajstić information content (AvgIpc) is 2.43. The Kier molecular flexibility index (Phi) is 13.1. The predicted molar refractivity (Wildman–Crippen MR) is 88.9 cm³/mol. The van der Waals surface area contributed by atoms with Gasteiger partial charge in [-0.05, 0) is 12.8 Å². The van der Waals surface area contributed by atoms with Crippen molar-refractivity contribution in [2.24, 2.45) is 5.92 Å². The smallest absolute Gasteiger partial charge is 0.225 e. The fraction of sp³-hybridized carbons (Fsp3) is 0.944. The third-order valence-electron chi connectivity index (χ3n) is 4.10. The van der Waals surface area contributed by atoms with E-state index in [9.17, 15) is 4.79 Å². The summed E-state index contributed by atoms with van der Waals surface area (Å²) in [6, 6.07) is 0. The van der Waals surface area contributed by atoms with Crippen LogP contribution in [0.25, 0.3) is 0 Å². The van der Waals surface area contributed by atoms with Gasteiger partial charge in [0.05, 0.1) is 0 Å². The molecule has 0 atom stereocenters. The second-order valence-electron chi connectivity index (χ2n) is 6.34. The van der Waals surface area contributed by atoms with Gasteiger partial charge in [0.2, 0.25) is 5.91 Å². The summed E-state index contributed by atoms with van der Waals surface area (Å²) in [6.45, 7) is 4.49. The number of unbranched alkanes of at least 4 members (excludes halogenated alkanes) is 8. The quantitative estimate of drug-likeness (QED) is 0.414. The van der Waals surface area contributed by atoms with Crippen LogP contribution in [0.4, 0.5) is 0 Å². The zero-order valence-corrected chi connectivity index (χ0v) is 14.4. The van der Waals surface area contributed by atoms with E-state index in [4.69, 9.17) is 0 Å². The van der Waals surface area contributed by atoms with E-state index < -0.39 is 0 Å². The minimum atomic E-state index is 0.272. The molecular weight excluding hydrogens is 246 g/mol. The van der Waals surface area contributed by atoms with E-state index in [1.54, 1.807) is 4.90 Å². The molecule has 0 aliphatic heterocycles. The van der Waals surface area contributed by atoms with Crippen molar-refractivity contribution in [2.45, 2.75) is 90.9 Å². The number of carbonyl (C=O) groups is 1. The third kappa shape index (κ3) is 10.3. The van der Waals surface area contributed by atoms with Crippen LogP contribution in [0.5, 0.6) is 0 Å². The normalized spacial score (nSPS) is 11.1. The first-order chi connectivity index (χ1) is 9.63. The monoisotopic (exact) mass is 283 g/mol. The Labute approximate surface area is 127 Å². The fourth-order valence-corrected chi connectivity index (χ4v) is 2.75. The van der Waals surface area contributed by atoms with E-state index in [1.165, 1.54) is 64.2 Å². The van der Waals surface area contributed by atoms with Crippen molar-refractivity contribution in [3.63, 3.8) is 0 Å². The van der Waals surface area contributed by atoms with Crippen molar-refractivity contribution in [1.82, 2.24) is 4.90 Å². The molecule has 0 spiro atoms. The standard InChI is InChI=1S/C18H37NO/c1-5-7-9-11-13-15-17(18(20)19(3)4)16-14-12-10-8-6-2/h17H,5-16H2,1-4H3. The Morgan fingerprint density at radius 1 is 0.750 bits per heavy atom. The van der Waals surface area contributed by atoms with Crippen LogP contribution in [0.2, 0.25) is 0 Å². The molecule has 0 aromatic carbocycles. The van der Waals surface area contributed by atoms with Crippen LogP contribution in [-0.2, 0) is 4.79 Å². The van der Waals surface area contributed by atoms with Crippen LogP contribution in [0, 0.1) is 5.92 Å². The number of amides is 1. The minimum absolute atomic E-state index is 0.272. The predicted octanol–water partition coefficient (Wildman–Crippen LogP) is 5.41. The Balaban J connectivity index is 3.92. The van der Waals surface area contributed by atoms with Gasteiger partial charge < -0.3 is 4.90 Å². The summed E-state index contributed by atoms with van der Waals surface area (Å²) in [5.41, 5.74) is 0. The van der Waals surface area contributed by atoms with Crippen LogP contribution < -0.4 is 0 Å².